The molecule has 2 aliphatic rings. The van der Waals surface area contributed by atoms with Crippen LogP contribution < -0.4 is 15.4 Å². The van der Waals surface area contributed by atoms with Gasteiger partial charge < -0.3 is 15.4 Å². The molecule has 0 aliphatic carbocycles. The van der Waals surface area contributed by atoms with Crippen LogP contribution in [0.15, 0.2) is 18.2 Å². The van der Waals surface area contributed by atoms with Crippen LogP contribution in [0.3, 0.4) is 0 Å². The minimum absolute atomic E-state index is 0.150. The first kappa shape index (κ1) is 14.5. The van der Waals surface area contributed by atoms with E-state index in [4.69, 9.17) is 10.5 Å². The summed E-state index contributed by atoms with van der Waals surface area (Å²) < 4.78 is 5.83. The molecule has 0 radical (unpaired) electrons. The lowest BCUT2D eigenvalue weighted by Gasteiger charge is -2.28. The summed E-state index contributed by atoms with van der Waals surface area (Å²) in [6, 6.07) is 6.94. The van der Waals surface area contributed by atoms with Gasteiger partial charge in [0.2, 0.25) is 0 Å². The number of benzene rings is 1. The van der Waals surface area contributed by atoms with Crippen molar-refractivity contribution in [2.75, 3.05) is 36.8 Å². The van der Waals surface area contributed by atoms with Crippen LogP contribution in [-0.4, -0.2) is 43.2 Å². The zero-order valence-corrected chi connectivity index (χ0v) is 13.2. The Labute approximate surface area is 127 Å². The van der Waals surface area contributed by atoms with Gasteiger partial charge in [0.25, 0.3) is 0 Å². The van der Waals surface area contributed by atoms with E-state index >= 15 is 0 Å². The molecule has 1 atom stereocenters. The van der Waals surface area contributed by atoms with E-state index in [0.717, 1.165) is 30.6 Å². The molecule has 116 valence electrons. The van der Waals surface area contributed by atoms with E-state index in [2.05, 4.69) is 21.9 Å². The fraction of sp³-hybridized carbons (Fsp3) is 0.647. The fourth-order valence-electron chi connectivity index (χ4n) is 3.52. The van der Waals surface area contributed by atoms with Crippen LogP contribution in [-0.2, 0) is 0 Å². The molecule has 2 heterocycles. The van der Waals surface area contributed by atoms with Crippen LogP contribution in [0.4, 0.5) is 11.4 Å². The van der Waals surface area contributed by atoms with Gasteiger partial charge in [0, 0.05) is 37.4 Å². The standard InChI is InChI=1S/C17H27N3O/c1-13(2)21-17-11-14(6-7-16(17)18)20-10-4-9-19-8-3-5-15(19)12-20/h6-7,11,13,15H,3-5,8-10,12,18H2,1-2H3. The van der Waals surface area contributed by atoms with Crippen molar-refractivity contribution in [3.63, 3.8) is 0 Å². The second-order valence-corrected chi connectivity index (χ2v) is 6.52. The Morgan fingerprint density at radius 3 is 2.81 bits per heavy atom. The van der Waals surface area contributed by atoms with Gasteiger partial charge in [-0.05, 0) is 51.8 Å². The van der Waals surface area contributed by atoms with Gasteiger partial charge in [-0.2, -0.15) is 0 Å². The van der Waals surface area contributed by atoms with Crippen molar-refractivity contribution in [1.82, 2.24) is 4.90 Å². The summed E-state index contributed by atoms with van der Waals surface area (Å²) in [6.45, 7) is 8.85. The van der Waals surface area contributed by atoms with E-state index in [0.29, 0.717) is 0 Å². The topological polar surface area (TPSA) is 41.7 Å². The molecule has 21 heavy (non-hydrogen) atoms. The molecule has 2 saturated heterocycles. The highest BCUT2D eigenvalue weighted by molar-refractivity contribution is 5.62. The van der Waals surface area contributed by atoms with Gasteiger partial charge in [0.1, 0.15) is 5.75 Å². The smallest absolute Gasteiger partial charge is 0.144 e. The summed E-state index contributed by atoms with van der Waals surface area (Å²) >= 11 is 0. The van der Waals surface area contributed by atoms with Crippen molar-refractivity contribution in [3.05, 3.63) is 18.2 Å². The molecule has 2 N–H and O–H groups in total. The summed E-state index contributed by atoms with van der Waals surface area (Å²) in [7, 11) is 0. The number of nitrogens with zero attached hydrogens (tertiary/aromatic N) is 2. The molecule has 4 heteroatoms. The number of ether oxygens (including phenoxy) is 1. The number of nitrogen functional groups attached to an aromatic ring is 1. The Balaban J connectivity index is 1.79. The van der Waals surface area contributed by atoms with Crippen molar-refractivity contribution >= 4 is 11.4 Å². The second-order valence-electron chi connectivity index (χ2n) is 6.52. The van der Waals surface area contributed by atoms with Gasteiger partial charge in [-0.1, -0.05) is 0 Å². The van der Waals surface area contributed by atoms with Gasteiger partial charge in [0.05, 0.1) is 11.8 Å². The van der Waals surface area contributed by atoms with E-state index < -0.39 is 0 Å². The maximum Gasteiger partial charge on any atom is 0.144 e. The molecule has 0 saturated carbocycles. The lowest BCUT2D eigenvalue weighted by molar-refractivity contribution is 0.244. The molecule has 3 rings (SSSR count). The van der Waals surface area contributed by atoms with Crippen LogP contribution in [0.5, 0.6) is 5.75 Å². The molecule has 0 bridgehead atoms. The third kappa shape index (κ3) is 3.26. The summed E-state index contributed by atoms with van der Waals surface area (Å²) in [5.74, 6) is 0.815. The summed E-state index contributed by atoms with van der Waals surface area (Å²) in [5, 5.41) is 0. The molecule has 4 nitrogen and oxygen atoms in total. The highest BCUT2D eigenvalue weighted by Crippen LogP contribution is 2.31. The molecule has 2 aliphatic heterocycles. The van der Waals surface area contributed by atoms with Crippen LogP contribution in [0.1, 0.15) is 33.1 Å². The normalized spacial score (nSPS) is 23.2. The maximum atomic E-state index is 6.03. The van der Waals surface area contributed by atoms with Crippen LogP contribution >= 0.6 is 0 Å². The van der Waals surface area contributed by atoms with Crippen molar-refractivity contribution in [2.24, 2.45) is 0 Å². The van der Waals surface area contributed by atoms with Gasteiger partial charge >= 0.3 is 0 Å². The molecule has 2 fully saturated rings. The fourth-order valence-corrected chi connectivity index (χ4v) is 3.52. The van der Waals surface area contributed by atoms with Crippen molar-refractivity contribution < 1.29 is 4.74 Å². The zero-order chi connectivity index (χ0) is 14.8. The van der Waals surface area contributed by atoms with Gasteiger partial charge in [-0.25, -0.2) is 0 Å². The summed E-state index contributed by atoms with van der Waals surface area (Å²) in [4.78, 5) is 5.16. The molecule has 0 amide bonds. The molecule has 1 aromatic rings. The van der Waals surface area contributed by atoms with E-state index in [1.807, 2.05) is 19.9 Å². The van der Waals surface area contributed by atoms with Crippen LogP contribution in [0.2, 0.25) is 0 Å². The number of fused-ring (bicyclic) bond motifs is 1. The zero-order valence-electron chi connectivity index (χ0n) is 13.2. The first-order chi connectivity index (χ1) is 10.1. The van der Waals surface area contributed by atoms with E-state index in [1.54, 1.807) is 0 Å². The van der Waals surface area contributed by atoms with Crippen LogP contribution in [0, 0.1) is 0 Å². The van der Waals surface area contributed by atoms with Gasteiger partial charge in [0.15, 0.2) is 0 Å². The average molecular weight is 289 g/mol. The van der Waals surface area contributed by atoms with Gasteiger partial charge in [-0.3, -0.25) is 4.90 Å². The summed E-state index contributed by atoms with van der Waals surface area (Å²) in [6.07, 6.45) is 4.07. The molecule has 1 unspecified atom stereocenters. The predicted molar refractivity (Wildman–Crippen MR) is 88.0 cm³/mol. The Morgan fingerprint density at radius 2 is 2.00 bits per heavy atom. The quantitative estimate of drug-likeness (QED) is 0.869. The van der Waals surface area contributed by atoms with E-state index in [9.17, 15) is 0 Å². The number of nitrogens with two attached hydrogens (primary N) is 1. The van der Waals surface area contributed by atoms with Crippen molar-refractivity contribution in [1.29, 1.82) is 0 Å². The molecular formula is C17H27N3O. The van der Waals surface area contributed by atoms with E-state index in [-0.39, 0.29) is 6.10 Å². The predicted octanol–water partition coefficient (Wildman–Crippen LogP) is 2.73. The lowest BCUT2D eigenvalue weighted by Crippen LogP contribution is -2.36. The molecule has 0 aromatic heterocycles. The Hall–Kier alpha value is -1.42. The Bertz CT molecular complexity index is 489. The Kier molecular flexibility index (Phi) is 4.24. The van der Waals surface area contributed by atoms with Gasteiger partial charge in [-0.15, -0.1) is 0 Å². The van der Waals surface area contributed by atoms with Crippen molar-refractivity contribution in [3.8, 4) is 5.75 Å². The molecule has 1 aromatic carbocycles. The molecule has 0 spiro atoms. The highest BCUT2D eigenvalue weighted by atomic mass is 16.5. The maximum absolute atomic E-state index is 6.03. The summed E-state index contributed by atoms with van der Waals surface area (Å²) in [5.41, 5.74) is 8.00. The third-order valence-electron chi connectivity index (χ3n) is 4.53. The SMILES string of the molecule is CC(C)Oc1cc(N2CCCN3CCCC3C2)ccc1N. The first-order valence-corrected chi connectivity index (χ1v) is 8.18. The lowest BCUT2D eigenvalue weighted by atomic mass is 10.2. The third-order valence-corrected chi connectivity index (χ3v) is 4.53. The minimum Gasteiger partial charge on any atom is -0.489 e. The minimum atomic E-state index is 0.150. The largest absolute Gasteiger partial charge is 0.489 e. The number of rotatable bonds is 3. The van der Waals surface area contributed by atoms with Crippen LogP contribution in [0.25, 0.3) is 0 Å². The number of hydrogen-bond acceptors (Lipinski definition) is 4. The van der Waals surface area contributed by atoms with Crippen molar-refractivity contribution in [2.45, 2.75) is 45.3 Å². The van der Waals surface area contributed by atoms with E-state index in [1.165, 1.54) is 38.0 Å². The second kappa shape index (κ2) is 6.14. The first-order valence-electron chi connectivity index (χ1n) is 8.18. The number of hydrogen-bond donors (Lipinski definition) is 1. The monoisotopic (exact) mass is 289 g/mol. The Morgan fingerprint density at radius 1 is 1.19 bits per heavy atom. The number of anilines is 2. The molecular weight excluding hydrogens is 262 g/mol. The highest BCUT2D eigenvalue weighted by Gasteiger charge is 2.28. The average Bonchev–Trinajstić information content (AvgIpc) is 2.78.